The molecule has 1 aromatic carbocycles. The Morgan fingerprint density at radius 2 is 2.11 bits per heavy atom. The summed E-state index contributed by atoms with van der Waals surface area (Å²) < 4.78 is 1.53. The highest BCUT2D eigenvalue weighted by Crippen LogP contribution is 2.20. The van der Waals surface area contributed by atoms with Crippen molar-refractivity contribution in [1.82, 2.24) is 9.38 Å². The Morgan fingerprint density at radius 1 is 1.26 bits per heavy atom. The van der Waals surface area contributed by atoms with Crippen LogP contribution in [0, 0.1) is 0 Å². The maximum atomic E-state index is 13.0. The summed E-state index contributed by atoms with van der Waals surface area (Å²) in [7, 11) is 0. The van der Waals surface area contributed by atoms with E-state index in [1.165, 1.54) is 4.40 Å². The van der Waals surface area contributed by atoms with Crippen molar-refractivity contribution in [3.05, 3.63) is 69.6 Å². The number of aliphatic imine (C=N–C) groups is 1. The van der Waals surface area contributed by atoms with Gasteiger partial charge in [-0.1, -0.05) is 44.0 Å². The van der Waals surface area contributed by atoms with Crippen LogP contribution in [0.2, 0.25) is 5.02 Å². The molecule has 0 amide bonds. The van der Waals surface area contributed by atoms with Gasteiger partial charge in [0.05, 0.1) is 0 Å². The summed E-state index contributed by atoms with van der Waals surface area (Å²) in [4.78, 5) is 22.3. The van der Waals surface area contributed by atoms with Gasteiger partial charge in [-0.05, 0) is 43.2 Å². The van der Waals surface area contributed by atoms with Gasteiger partial charge in [0.2, 0.25) is 0 Å². The number of fused-ring (bicyclic) bond motifs is 1. The number of halogens is 1. The first-order valence-corrected chi connectivity index (χ1v) is 9.57. The quantitative estimate of drug-likeness (QED) is 0.579. The zero-order valence-corrected chi connectivity index (χ0v) is 16.3. The van der Waals surface area contributed by atoms with Crippen LogP contribution in [0.25, 0.3) is 5.65 Å². The van der Waals surface area contributed by atoms with E-state index in [1.807, 2.05) is 24.3 Å². The Kier molecular flexibility index (Phi) is 6.24. The standard InChI is InChI=1S/C21H23ClN4O/c1-3-8-16(4-2)23-14-18-20(24-17-10-7-9-15(22)13-17)25-19-11-5-6-12-26(19)21(18)27/h5-7,9-14,16,24H,3-4,8H2,1-2H3. The van der Waals surface area contributed by atoms with Gasteiger partial charge in [0.1, 0.15) is 17.0 Å². The summed E-state index contributed by atoms with van der Waals surface area (Å²) in [6.45, 7) is 4.24. The second kappa shape index (κ2) is 8.82. The van der Waals surface area contributed by atoms with Gasteiger partial charge in [-0.25, -0.2) is 4.98 Å². The van der Waals surface area contributed by atoms with Crippen LogP contribution >= 0.6 is 11.6 Å². The zero-order chi connectivity index (χ0) is 19.2. The number of pyridine rings is 1. The Labute approximate surface area is 163 Å². The van der Waals surface area contributed by atoms with Crippen LogP contribution in [0.5, 0.6) is 0 Å². The molecule has 0 spiro atoms. The smallest absolute Gasteiger partial charge is 0.268 e. The highest BCUT2D eigenvalue weighted by atomic mass is 35.5. The summed E-state index contributed by atoms with van der Waals surface area (Å²) in [6.07, 6.45) is 6.36. The van der Waals surface area contributed by atoms with Crippen LogP contribution in [0.1, 0.15) is 38.7 Å². The molecule has 6 heteroatoms. The molecule has 0 aliphatic carbocycles. The number of aromatic nitrogens is 2. The Hall–Kier alpha value is -2.66. The molecule has 140 valence electrons. The number of nitrogens with zero attached hydrogens (tertiary/aromatic N) is 3. The summed E-state index contributed by atoms with van der Waals surface area (Å²) in [5.41, 5.74) is 1.63. The third kappa shape index (κ3) is 4.55. The molecule has 0 aliphatic rings. The SMILES string of the molecule is CCCC(CC)N=Cc1c(Nc2cccc(Cl)c2)nc2ccccn2c1=O. The number of nitrogens with one attached hydrogen (secondary N) is 1. The molecule has 27 heavy (non-hydrogen) atoms. The van der Waals surface area contributed by atoms with Crippen LogP contribution in [0.3, 0.4) is 0 Å². The van der Waals surface area contributed by atoms with E-state index in [0.717, 1.165) is 24.9 Å². The highest BCUT2D eigenvalue weighted by Gasteiger charge is 2.12. The molecule has 0 saturated heterocycles. The molecule has 0 aliphatic heterocycles. The molecule has 1 unspecified atom stereocenters. The topological polar surface area (TPSA) is 58.8 Å². The lowest BCUT2D eigenvalue weighted by Gasteiger charge is -2.12. The normalized spacial score (nSPS) is 12.6. The summed E-state index contributed by atoms with van der Waals surface area (Å²) >= 11 is 6.08. The van der Waals surface area contributed by atoms with Gasteiger partial charge in [0.25, 0.3) is 5.56 Å². The van der Waals surface area contributed by atoms with Crippen molar-refractivity contribution in [2.45, 2.75) is 39.2 Å². The summed E-state index contributed by atoms with van der Waals surface area (Å²) in [5.74, 6) is 0.476. The van der Waals surface area contributed by atoms with E-state index in [0.29, 0.717) is 22.1 Å². The number of benzene rings is 1. The second-order valence-corrected chi connectivity index (χ2v) is 6.81. The minimum Gasteiger partial charge on any atom is -0.339 e. The second-order valence-electron chi connectivity index (χ2n) is 6.37. The van der Waals surface area contributed by atoms with Crippen LogP contribution in [-0.2, 0) is 0 Å². The predicted octanol–water partition coefficient (Wildman–Crippen LogP) is 5.09. The van der Waals surface area contributed by atoms with E-state index in [4.69, 9.17) is 11.6 Å². The molecule has 0 saturated carbocycles. The number of rotatable bonds is 7. The molecule has 2 heterocycles. The van der Waals surface area contributed by atoms with Crippen molar-refractivity contribution in [3.63, 3.8) is 0 Å². The van der Waals surface area contributed by atoms with Crippen LogP contribution < -0.4 is 10.9 Å². The number of anilines is 2. The summed E-state index contributed by atoms with van der Waals surface area (Å²) in [5, 5.41) is 3.83. The molecule has 0 radical (unpaired) electrons. The van der Waals surface area contributed by atoms with Gasteiger partial charge in [-0.3, -0.25) is 14.2 Å². The van der Waals surface area contributed by atoms with E-state index in [9.17, 15) is 4.79 Å². The van der Waals surface area contributed by atoms with Gasteiger partial charge in [0, 0.05) is 29.2 Å². The first-order valence-electron chi connectivity index (χ1n) is 9.19. The maximum Gasteiger partial charge on any atom is 0.268 e. The average molecular weight is 383 g/mol. The monoisotopic (exact) mass is 382 g/mol. The molecule has 0 fully saturated rings. The van der Waals surface area contributed by atoms with Crippen molar-refractivity contribution in [3.8, 4) is 0 Å². The van der Waals surface area contributed by atoms with Gasteiger partial charge in [-0.2, -0.15) is 0 Å². The lowest BCUT2D eigenvalue weighted by Crippen LogP contribution is -2.22. The lowest BCUT2D eigenvalue weighted by atomic mass is 10.1. The fourth-order valence-electron chi connectivity index (χ4n) is 2.91. The molecule has 2 aromatic heterocycles. The molecule has 1 N–H and O–H groups in total. The molecular weight excluding hydrogens is 360 g/mol. The third-order valence-corrected chi connectivity index (χ3v) is 4.60. The van der Waals surface area contributed by atoms with Crippen molar-refractivity contribution in [2.24, 2.45) is 4.99 Å². The number of hydrogen-bond acceptors (Lipinski definition) is 4. The predicted molar refractivity (Wildman–Crippen MR) is 113 cm³/mol. The molecule has 5 nitrogen and oxygen atoms in total. The molecule has 0 bridgehead atoms. The minimum atomic E-state index is -0.153. The summed E-state index contributed by atoms with van der Waals surface area (Å²) in [6, 6.07) is 13.0. The fourth-order valence-corrected chi connectivity index (χ4v) is 3.10. The minimum absolute atomic E-state index is 0.153. The molecular formula is C21H23ClN4O. The molecule has 1 atom stereocenters. The average Bonchev–Trinajstić information content (AvgIpc) is 2.67. The van der Waals surface area contributed by atoms with Crippen LogP contribution in [-0.4, -0.2) is 21.6 Å². The van der Waals surface area contributed by atoms with Gasteiger partial charge >= 0.3 is 0 Å². The Balaban J connectivity index is 2.09. The van der Waals surface area contributed by atoms with Crippen molar-refractivity contribution < 1.29 is 0 Å². The fraction of sp³-hybridized carbons (Fsp3) is 0.286. The van der Waals surface area contributed by atoms with Crippen molar-refractivity contribution in [2.75, 3.05) is 5.32 Å². The molecule has 3 aromatic rings. The Bertz CT molecular complexity index is 1010. The van der Waals surface area contributed by atoms with E-state index in [1.54, 1.807) is 30.6 Å². The maximum absolute atomic E-state index is 13.0. The van der Waals surface area contributed by atoms with Gasteiger partial charge in [-0.15, -0.1) is 0 Å². The first kappa shape index (κ1) is 19.1. The van der Waals surface area contributed by atoms with E-state index in [-0.39, 0.29) is 11.6 Å². The Morgan fingerprint density at radius 3 is 2.85 bits per heavy atom. The van der Waals surface area contributed by atoms with Gasteiger partial charge in [0.15, 0.2) is 0 Å². The first-order chi connectivity index (χ1) is 13.1. The van der Waals surface area contributed by atoms with Crippen LogP contribution in [0.15, 0.2) is 58.4 Å². The highest BCUT2D eigenvalue weighted by molar-refractivity contribution is 6.30. The van der Waals surface area contributed by atoms with Crippen LogP contribution in [0.4, 0.5) is 11.5 Å². The van der Waals surface area contributed by atoms with Crippen molar-refractivity contribution >= 4 is 35.0 Å². The molecule has 3 rings (SSSR count). The van der Waals surface area contributed by atoms with Gasteiger partial charge < -0.3 is 5.32 Å². The van der Waals surface area contributed by atoms with Crippen molar-refractivity contribution in [1.29, 1.82) is 0 Å². The largest absolute Gasteiger partial charge is 0.339 e. The zero-order valence-electron chi connectivity index (χ0n) is 15.5. The van der Waals surface area contributed by atoms with E-state index >= 15 is 0 Å². The number of hydrogen-bond donors (Lipinski definition) is 1. The van der Waals surface area contributed by atoms with E-state index < -0.39 is 0 Å². The lowest BCUT2D eigenvalue weighted by molar-refractivity contribution is 0.591. The van der Waals surface area contributed by atoms with E-state index in [2.05, 4.69) is 29.1 Å². The third-order valence-electron chi connectivity index (χ3n) is 4.36.